The number of rotatable bonds is 10. The zero-order valence-corrected chi connectivity index (χ0v) is 14.4. The maximum Gasteiger partial charge on any atom is 0.511 e. The molecule has 5 nitrogen and oxygen atoms in total. The van der Waals surface area contributed by atoms with E-state index in [1.807, 2.05) is 0 Å². The number of aryl methyl sites for hydroxylation is 1. The summed E-state index contributed by atoms with van der Waals surface area (Å²) >= 11 is 0. The Morgan fingerprint density at radius 2 is 1.70 bits per heavy atom. The Kier molecular flexibility index (Phi) is 8.30. The lowest BCUT2D eigenvalue weighted by atomic mass is 9.95. The fourth-order valence-corrected chi connectivity index (χ4v) is 2.72. The summed E-state index contributed by atoms with van der Waals surface area (Å²) in [6.45, 7) is 4.28. The van der Waals surface area contributed by atoms with Crippen LogP contribution in [0, 0.1) is 0 Å². The van der Waals surface area contributed by atoms with Crippen LogP contribution >= 0.6 is 0 Å². The van der Waals surface area contributed by atoms with Crippen molar-refractivity contribution in [1.29, 1.82) is 0 Å². The summed E-state index contributed by atoms with van der Waals surface area (Å²) in [4.78, 5) is 10.8. The van der Waals surface area contributed by atoms with E-state index in [1.165, 1.54) is 7.11 Å². The third-order valence-corrected chi connectivity index (χ3v) is 3.90. The quantitative estimate of drug-likeness (QED) is 0.363. The zero-order chi connectivity index (χ0) is 17.2. The number of carboxylic acid groups (broad SMARTS) is 1. The van der Waals surface area contributed by atoms with Gasteiger partial charge in [0.15, 0.2) is 11.5 Å². The van der Waals surface area contributed by atoms with Crippen molar-refractivity contribution in [2.45, 2.75) is 65.2 Å². The van der Waals surface area contributed by atoms with Crippen molar-refractivity contribution in [3.05, 3.63) is 17.2 Å². The van der Waals surface area contributed by atoms with Crippen molar-refractivity contribution in [2.75, 3.05) is 7.11 Å². The summed E-state index contributed by atoms with van der Waals surface area (Å²) in [6, 6.07) is 1.64. The van der Waals surface area contributed by atoms with Crippen LogP contribution in [0.4, 0.5) is 4.79 Å². The number of benzene rings is 1. The standard InChI is InChI=1S/C18H28O5/c1-4-6-8-10-13-12-15(23-18(20)21)16(19)17(22-3)14(13)11-9-7-5-2/h12,19H,4-11H2,1-3H3,(H,20,21). The van der Waals surface area contributed by atoms with E-state index in [4.69, 9.17) is 14.6 Å². The van der Waals surface area contributed by atoms with Crippen molar-refractivity contribution < 1.29 is 24.5 Å². The molecule has 0 aliphatic heterocycles. The average Bonchev–Trinajstić information content (AvgIpc) is 2.51. The predicted octanol–water partition coefficient (Wildman–Crippen LogP) is 4.92. The van der Waals surface area contributed by atoms with E-state index in [9.17, 15) is 9.90 Å². The molecule has 0 aromatic heterocycles. The average molecular weight is 324 g/mol. The molecule has 0 radical (unpaired) electrons. The molecular formula is C18H28O5. The second kappa shape index (κ2) is 9.98. The second-order valence-electron chi connectivity index (χ2n) is 5.68. The van der Waals surface area contributed by atoms with E-state index in [1.54, 1.807) is 6.07 Å². The molecule has 0 saturated heterocycles. The normalized spacial score (nSPS) is 10.6. The van der Waals surface area contributed by atoms with Gasteiger partial charge in [-0.3, -0.25) is 0 Å². The van der Waals surface area contributed by atoms with E-state index in [-0.39, 0.29) is 11.5 Å². The minimum absolute atomic E-state index is 0.0555. The molecule has 5 heteroatoms. The Bertz CT molecular complexity index is 511. The first kappa shape index (κ1) is 19.1. The number of aromatic hydroxyl groups is 1. The predicted molar refractivity (Wildman–Crippen MR) is 89.8 cm³/mol. The van der Waals surface area contributed by atoms with Crippen LogP contribution in [0.2, 0.25) is 0 Å². The number of hydrogen-bond donors (Lipinski definition) is 2. The van der Waals surface area contributed by atoms with Crippen LogP contribution in [0.5, 0.6) is 17.2 Å². The van der Waals surface area contributed by atoms with Gasteiger partial charge in [-0.25, -0.2) is 4.79 Å². The Morgan fingerprint density at radius 1 is 1.09 bits per heavy atom. The molecule has 0 heterocycles. The number of carbonyl (C=O) groups is 1. The third kappa shape index (κ3) is 5.66. The summed E-state index contributed by atoms with van der Waals surface area (Å²) in [5.41, 5.74) is 1.97. The van der Waals surface area contributed by atoms with E-state index in [0.29, 0.717) is 5.75 Å². The second-order valence-corrected chi connectivity index (χ2v) is 5.68. The van der Waals surface area contributed by atoms with Gasteiger partial charge >= 0.3 is 6.16 Å². The van der Waals surface area contributed by atoms with Gasteiger partial charge in [-0.15, -0.1) is 0 Å². The van der Waals surface area contributed by atoms with Crippen molar-refractivity contribution >= 4 is 6.16 Å². The fraction of sp³-hybridized carbons (Fsp3) is 0.611. The molecule has 0 unspecified atom stereocenters. The maximum absolute atomic E-state index is 10.8. The lowest BCUT2D eigenvalue weighted by Gasteiger charge is -2.18. The van der Waals surface area contributed by atoms with Crippen LogP contribution in [0.25, 0.3) is 0 Å². The summed E-state index contributed by atoms with van der Waals surface area (Å²) in [5, 5.41) is 19.1. The van der Waals surface area contributed by atoms with Gasteiger partial charge in [0.05, 0.1) is 7.11 Å². The minimum atomic E-state index is -1.44. The van der Waals surface area contributed by atoms with Crippen LogP contribution in [0.15, 0.2) is 6.07 Å². The highest BCUT2D eigenvalue weighted by molar-refractivity contribution is 5.66. The van der Waals surface area contributed by atoms with Crippen LogP contribution in [0.1, 0.15) is 63.5 Å². The summed E-state index contributed by atoms with van der Waals surface area (Å²) in [7, 11) is 1.48. The summed E-state index contributed by atoms with van der Waals surface area (Å²) < 4.78 is 10.1. The smallest absolute Gasteiger partial charge is 0.502 e. The van der Waals surface area contributed by atoms with E-state index < -0.39 is 6.16 Å². The molecule has 0 aliphatic rings. The van der Waals surface area contributed by atoms with Crippen molar-refractivity contribution in [1.82, 2.24) is 0 Å². The van der Waals surface area contributed by atoms with Gasteiger partial charge in [0, 0.05) is 5.56 Å². The molecule has 0 bridgehead atoms. The fourth-order valence-electron chi connectivity index (χ4n) is 2.72. The molecule has 0 aliphatic carbocycles. The largest absolute Gasteiger partial charge is 0.511 e. The van der Waals surface area contributed by atoms with Crippen molar-refractivity contribution in [3.63, 3.8) is 0 Å². The topological polar surface area (TPSA) is 76.0 Å². The molecule has 0 spiro atoms. The monoisotopic (exact) mass is 324 g/mol. The first-order valence-electron chi connectivity index (χ1n) is 8.37. The molecule has 1 aromatic rings. The van der Waals surface area contributed by atoms with E-state index in [0.717, 1.165) is 62.5 Å². The Hall–Kier alpha value is -1.91. The highest BCUT2D eigenvalue weighted by Gasteiger charge is 2.20. The number of hydrogen-bond acceptors (Lipinski definition) is 4. The van der Waals surface area contributed by atoms with E-state index in [2.05, 4.69) is 13.8 Å². The first-order valence-corrected chi connectivity index (χ1v) is 8.37. The molecule has 23 heavy (non-hydrogen) atoms. The number of methoxy groups -OCH3 is 1. The van der Waals surface area contributed by atoms with Crippen molar-refractivity contribution in [2.24, 2.45) is 0 Å². The molecule has 1 rings (SSSR count). The SMILES string of the molecule is CCCCCc1cc(OC(=O)O)c(O)c(OC)c1CCCCC. The number of phenolic OH excluding ortho intramolecular Hbond substituents is 1. The molecular weight excluding hydrogens is 296 g/mol. The minimum Gasteiger partial charge on any atom is -0.502 e. The highest BCUT2D eigenvalue weighted by atomic mass is 16.7. The maximum atomic E-state index is 10.8. The van der Waals surface area contributed by atoms with Gasteiger partial charge in [-0.2, -0.15) is 0 Å². The van der Waals surface area contributed by atoms with Gasteiger partial charge in [-0.1, -0.05) is 39.5 Å². The first-order chi connectivity index (χ1) is 11.0. The van der Waals surface area contributed by atoms with Gasteiger partial charge in [0.1, 0.15) is 0 Å². The Morgan fingerprint density at radius 3 is 2.22 bits per heavy atom. The Balaban J connectivity index is 3.19. The van der Waals surface area contributed by atoms with Gasteiger partial charge in [0.2, 0.25) is 5.75 Å². The van der Waals surface area contributed by atoms with E-state index >= 15 is 0 Å². The molecule has 0 amide bonds. The van der Waals surface area contributed by atoms with Gasteiger partial charge in [-0.05, 0) is 37.3 Å². The van der Waals surface area contributed by atoms with Crippen LogP contribution in [-0.4, -0.2) is 23.5 Å². The molecule has 1 aromatic carbocycles. The van der Waals surface area contributed by atoms with Crippen LogP contribution in [-0.2, 0) is 12.8 Å². The van der Waals surface area contributed by atoms with Gasteiger partial charge in [0.25, 0.3) is 0 Å². The zero-order valence-electron chi connectivity index (χ0n) is 14.4. The molecule has 130 valence electrons. The Labute approximate surface area is 138 Å². The summed E-state index contributed by atoms with van der Waals surface area (Å²) in [6.07, 6.45) is 6.63. The molecule has 0 fully saturated rings. The van der Waals surface area contributed by atoms with Crippen LogP contribution < -0.4 is 9.47 Å². The number of unbranched alkanes of at least 4 members (excludes halogenated alkanes) is 4. The van der Waals surface area contributed by atoms with Gasteiger partial charge < -0.3 is 19.7 Å². The third-order valence-electron chi connectivity index (χ3n) is 3.90. The number of phenols is 1. The van der Waals surface area contributed by atoms with Crippen molar-refractivity contribution in [3.8, 4) is 17.2 Å². The lowest BCUT2D eigenvalue weighted by molar-refractivity contribution is 0.142. The molecule has 0 atom stereocenters. The summed E-state index contributed by atoms with van der Waals surface area (Å²) in [5.74, 6) is 0.0482. The molecule has 0 saturated carbocycles. The molecule has 2 N–H and O–H groups in total. The number of ether oxygens (including phenoxy) is 2. The highest BCUT2D eigenvalue weighted by Crippen LogP contribution is 2.42. The van der Waals surface area contributed by atoms with Crippen LogP contribution in [0.3, 0.4) is 0 Å². The lowest BCUT2D eigenvalue weighted by Crippen LogP contribution is -2.07.